The third-order valence-corrected chi connectivity index (χ3v) is 2.25. The van der Waals surface area contributed by atoms with Gasteiger partial charge in [0, 0.05) is 6.54 Å². The number of sulfonamides is 1. The zero-order valence-corrected chi connectivity index (χ0v) is 8.59. The number of tetrazole rings is 1. The van der Waals surface area contributed by atoms with Gasteiger partial charge in [-0.25, -0.2) is 17.8 Å². The van der Waals surface area contributed by atoms with E-state index in [4.69, 9.17) is 0 Å². The fraction of sp³-hybridized carbons (Fsp3) is 0.750. The summed E-state index contributed by atoms with van der Waals surface area (Å²) in [5.41, 5.74) is 0. The van der Waals surface area contributed by atoms with E-state index in [1.165, 1.54) is 4.68 Å². The van der Waals surface area contributed by atoms with E-state index in [2.05, 4.69) is 32.9 Å². The molecule has 1 aromatic heterocycles. The molecule has 0 atom stereocenters. The second-order valence-corrected chi connectivity index (χ2v) is 4.60. The predicted octanol–water partition coefficient (Wildman–Crippen LogP) is -2.14. The van der Waals surface area contributed by atoms with E-state index >= 15 is 0 Å². The monoisotopic (exact) mass is 247 g/mol. The van der Waals surface area contributed by atoms with Gasteiger partial charge in [-0.15, -0.1) is 17.7 Å². The molecule has 1 rings (SSSR count). The predicted molar refractivity (Wildman–Crippen MR) is 55.1 cm³/mol. The average molecular weight is 247 g/mol. The van der Waals surface area contributed by atoms with Crippen LogP contribution in [0.3, 0.4) is 0 Å². The van der Waals surface area contributed by atoms with Crippen molar-refractivity contribution in [1.82, 2.24) is 24.9 Å². The zero-order chi connectivity index (χ0) is 9.90. The van der Waals surface area contributed by atoms with Crippen LogP contribution in [-0.4, -0.2) is 71.0 Å². The van der Waals surface area contributed by atoms with E-state index in [1.54, 1.807) is 0 Å². The van der Waals surface area contributed by atoms with Gasteiger partial charge in [0.1, 0.15) is 0 Å². The van der Waals surface area contributed by atoms with Crippen molar-refractivity contribution in [3.05, 3.63) is 0 Å². The summed E-state index contributed by atoms with van der Waals surface area (Å²) < 4.78 is 25.0. The summed E-state index contributed by atoms with van der Waals surface area (Å²) in [4.78, 5) is 0. The van der Waals surface area contributed by atoms with Gasteiger partial charge in [0.2, 0.25) is 15.2 Å². The fourth-order valence-electron chi connectivity index (χ4n) is 0.682. The van der Waals surface area contributed by atoms with Crippen LogP contribution in [0.25, 0.3) is 0 Å². The summed E-state index contributed by atoms with van der Waals surface area (Å²) in [6.45, 7) is 0.607. The molecule has 1 N–H and O–H groups in total. The Hall–Kier alpha value is 0.330. The first kappa shape index (κ1) is 14.3. The molecule has 0 saturated carbocycles. The molecular weight excluding hydrogens is 237 g/mol. The third kappa shape index (κ3) is 5.27. The minimum absolute atomic E-state index is 0. The Kier molecular flexibility index (Phi) is 6.17. The maximum absolute atomic E-state index is 10.7. The molecule has 0 radical (unpaired) electrons. The Morgan fingerprint density at radius 3 is 2.64 bits per heavy atom. The molecule has 0 aliphatic carbocycles. The number of hydrogen-bond donors (Lipinski definition) is 2. The number of thiol groups is 1. The van der Waals surface area contributed by atoms with Crippen molar-refractivity contribution >= 4 is 52.2 Å². The van der Waals surface area contributed by atoms with Crippen molar-refractivity contribution in [2.24, 2.45) is 0 Å². The van der Waals surface area contributed by atoms with E-state index in [0.717, 1.165) is 6.26 Å². The van der Waals surface area contributed by atoms with E-state index < -0.39 is 10.0 Å². The normalized spacial score (nSPS) is 11.0. The summed E-state index contributed by atoms with van der Waals surface area (Å²) in [6, 6.07) is 0. The first-order valence-corrected chi connectivity index (χ1v) is 5.72. The maximum atomic E-state index is 10.7. The third-order valence-electron chi connectivity index (χ3n) is 1.20. The van der Waals surface area contributed by atoms with Crippen LogP contribution >= 0.6 is 12.6 Å². The van der Waals surface area contributed by atoms with Crippen molar-refractivity contribution in [3.63, 3.8) is 0 Å². The van der Waals surface area contributed by atoms with Crippen LogP contribution in [0.1, 0.15) is 0 Å². The number of aromatic nitrogens is 4. The van der Waals surface area contributed by atoms with Crippen molar-refractivity contribution in [2.45, 2.75) is 11.7 Å². The van der Waals surface area contributed by atoms with Crippen molar-refractivity contribution < 1.29 is 8.42 Å². The van der Waals surface area contributed by atoms with Crippen LogP contribution in [0.2, 0.25) is 0 Å². The molecule has 7 nitrogen and oxygen atoms in total. The molecule has 0 aliphatic rings. The van der Waals surface area contributed by atoms with Crippen molar-refractivity contribution in [3.8, 4) is 0 Å². The zero-order valence-electron chi connectivity index (χ0n) is 6.88. The summed E-state index contributed by atoms with van der Waals surface area (Å²) >= 11 is 3.94. The van der Waals surface area contributed by atoms with Gasteiger partial charge in [0.15, 0.2) is 0 Å². The van der Waals surface area contributed by atoms with Crippen LogP contribution in [0.4, 0.5) is 0 Å². The van der Waals surface area contributed by atoms with Crippen LogP contribution in [0.15, 0.2) is 5.16 Å². The Bertz CT molecular complexity index is 377. The molecule has 0 aliphatic heterocycles. The van der Waals surface area contributed by atoms with Crippen molar-refractivity contribution in [1.29, 1.82) is 0 Å². The quantitative estimate of drug-likeness (QED) is 0.468. The molecule has 1 aromatic rings. The van der Waals surface area contributed by atoms with Gasteiger partial charge in [-0.3, -0.25) is 0 Å². The molecule has 0 saturated heterocycles. The molecule has 0 unspecified atom stereocenters. The Morgan fingerprint density at radius 1 is 1.57 bits per heavy atom. The van der Waals surface area contributed by atoms with Crippen LogP contribution in [-0.2, 0) is 16.6 Å². The van der Waals surface area contributed by atoms with Gasteiger partial charge in [0.05, 0.1) is 12.8 Å². The molecular formula is C4H10N5NaO2S2. The first-order valence-electron chi connectivity index (χ1n) is 3.39. The number of rotatable bonds is 4. The van der Waals surface area contributed by atoms with Gasteiger partial charge in [-0.1, -0.05) is 0 Å². The van der Waals surface area contributed by atoms with E-state index in [1.807, 2.05) is 0 Å². The van der Waals surface area contributed by atoms with Gasteiger partial charge in [-0.05, 0) is 10.4 Å². The molecule has 76 valence electrons. The van der Waals surface area contributed by atoms with E-state index in [0.29, 0.717) is 11.7 Å². The number of nitrogens with zero attached hydrogens (tertiary/aromatic N) is 4. The van der Waals surface area contributed by atoms with Gasteiger partial charge < -0.3 is 0 Å². The first-order chi connectivity index (χ1) is 5.99. The molecule has 0 aromatic carbocycles. The molecule has 14 heavy (non-hydrogen) atoms. The van der Waals surface area contributed by atoms with Gasteiger partial charge in [-0.2, -0.15) is 0 Å². The summed E-state index contributed by atoms with van der Waals surface area (Å²) in [7, 11) is -3.15. The summed E-state index contributed by atoms with van der Waals surface area (Å²) in [6.07, 6.45) is 1.09. The fourth-order valence-corrected chi connectivity index (χ4v) is 1.32. The molecule has 0 amide bonds. The minimum atomic E-state index is -3.15. The molecule has 0 fully saturated rings. The second-order valence-electron chi connectivity index (χ2n) is 2.37. The van der Waals surface area contributed by atoms with Crippen LogP contribution in [0.5, 0.6) is 0 Å². The average Bonchev–Trinajstić information content (AvgIpc) is 2.34. The summed E-state index contributed by atoms with van der Waals surface area (Å²) in [5.74, 6) is 0. The topological polar surface area (TPSA) is 89.8 Å². The molecule has 0 bridgehead atoms. The second kappa shape index (κ2) is 6.03. The number of hydrogen-bond acceptors (Lipinski definition) is 6. The Labute approximate surface area is 109 Å². The number of nitrogens with one attached hydrogen (secondary N) is 1. The Balaban J connectivity index is 0.00000169. The van der Waals surface area contributed by atoms with Crippen molar-refractivity contribution in [2.75, 3.05) is 12.8 Å². The van der Waals surface area contributed by atoms with E-state index in [-0.39, 0.29) is 36.1 Å². The van der Waals surface area contributed by atoms with Gasteiger partial charge >= 0.3 is 29.6 Å². The SMILES string of the molecule is CS(=O)(=O)NCCn1nnnc1S.[NaH]. The molecule has 1 heterocycles. The molecule has 0 spiro atoms. The summed E-state index contributed by atoms with van der Waals surface area (Å²) in [5, 5.41) is 10.8. The van der Waals surface area contributed by atoms with E-state index in [9.17, 15) is 8.42 Å². The van der Waals surface area contributed by atoms with Crippen LogP contribution in [0, 0.1) is 0 Å². The Morgan fingerprint density at radius 2 is 2.21 bits per heavy atom. The molecule has 10 heteroatoms. The van der Waals surface area contributed by atoms with Gasteiger partial charge in [0.25, 0.3) is 0 Å². The standard InChI is InChI=1S/C4H9N5O2S2.Na.H/c1-13(10,11)5-2-3-9-4(12)6-7-8-9;;/h5H,2-3H2,1H3,(H,6,8,12);;. The van der Waals surface area contributed by atoms with Crippen LogP contribution < -0.4 is 4.72 Å².